The summed E-state index contributed by atoms with van der Waals surface area (Å²) in [6.45, 7) is 2.25. The Kier molecular flexibility index (Phi) is 1.55. The maximum Gasteiger partial charge on any atom is 0.136 e. The monoisotopic (exact) mass is 151 g/mol. The Labute approximate surface area is 68.2 Å². The van der Waals surface area contributed by atoms with E-state index in [1.807, 2.05) is 0 Å². The van der Waals surface area contributed by atoms with Crippen LogP contribution >= 0.6 is 0 Å². The van der Waals surface area contributed by atoms with E-state index in [9.17, 15) is 4.79 Å². The van der Waals surface area contributed by atoms with Crippen molar-refractivity contribution >= 4 is 5.78 Å². The molecule has 0 amide bonds. The van der Waals surface area contributed by atoms with E-state index in [2.05, 4.69) is 13.3 Å². The Hall–Kier alpha value is -0.330. The molecule has 2 fully saturated rings. The summed E-state index contributed by atoms with van der Waals surface area (Å²) in [5.74, 6) is 0.906. The number of rotatable bonds is 0. The van der Waals surface area contributed by atoms with Gasteiger partial charge in [-0.15, -0.1) is 0 Å². The predicted molar refractivity (Wildman–Crippen MR) is 44.0 cm³/mol. The molecule has 0 aromatic rings. The van der Waals surface area contributed by atoms with Crippen molar-refractivity contribution in [2.45, 2.75) is 39.0 Å². The largest absolute Gasteiger partial charge is 0.299 e. The van der Waals surface area contributed by atoms with Gasteiger partial charge in [0.1, 0.15) is 5.78 Å². The predicted octanol–water partition coefficient (Wildman–Crippen LogP) is 2.36. The fraction of sp³-hybridized carbons (Fsp3) is 0.800. The van der Waals surface area contributed by atoms with E-state index in [0.717, 1.165) is 25.7 Å². The van der Waals surface area contributed by atoms with Crippen molar-refractivity contribution in [1.82, 2.24) is 0 Å². The third-order valence-electron chi connectivity index (χ3n) is 3.39. The van der Waals surface area contributed by atoms with Gasteiger partial charge in [0.05, 0.1) is 0 Å². The Balaban J connectivity index is 2.22. The van der Waals surface area contributed by atoms with E-state index in [0.29, 0.717) is 11.7 Å². The van der Waals surface area contributed by atoms with E-state index >= 15 is 0 Å². The highest BCUT2D eigenvalue weighted by atomic mass is 16.1. The van der Waals surface area contributed by atoms with Crippen LogP contribution in [0.15, 0.2) is 0 Å². The second-order valence-corrected chi connectivity index (χ2v) is 4.16. The van der Waals surface area contributed by atoms with Crippen LogP contribution in [-0.4, -0.2) is 5.78 Å². The van der Waals surface area contributed by atoms with E-state index in [4.69, 9.17) is 0 Å². The third kappa shape index (κ3) is 1.02. The summed E-state index contributed by atoms with van der Waals surface area (Å²) in [6.07, 6.45) is 7.84. The van der Waals surface area contributed by atoms with E-state index in [1.165, 1.54) is 6.42 Å². The standard InChI is InChI=1S/C10H15O/c1-10-6-2-4-8(10)9(11)5-3-7-10/h6,8H,2-5,7H2,1H3. The van der Waals surface area contributed by atoms with Gasteiger partial charge in [0.2, 0.25) is 0 Å². The lowest BCUT2D eigenvalue weighted by atomic mass is 9.69. The van der Waals surface area contributed by atoms with Crippen molar-refractivity contribution in [3.05, 3.63) is 6.42 Å². The molecule has 1 radical (unpaired) electrons. The summed E-state index contributed by atoms with van der Waals surface area (Å²) in [6, 6.07) is 0. The van der Waals surface area contributed by atoms with Gasteiger partial charge in [0.25, 0.3) is 0 Å². The zero-order chi connectivity index (χ0) is 7.90. The molecular weight excluding hydrogens is 136 g/mol. The van der Waals surface area contributed by atoms with E-state index in [-0.39, 0.29) is 5.41 Å². The van der Waals surface area contributed by atoms with Crippen molar-refractivity contribution in [1.29, 1.82) is 0 Å². The lowest BCUT2D eigenvalue weighted by Crippen LogP contribution is -2.33. The molecular formula is C10H15O. The highest BCUT2D eigenvalue weighted by molar-refractivity contribution is 5.83. The van der Waals surface area contributed by atoms with Crippen LogP contribution in [0, 0.1) is 17.8 Å². The Morgan fingerprint density at radius 1 is 1.64 bits per heavy atom. The molecule has 61 valence electrons. The maximum atomic E-state index is 11.5. The van der Waals surface area contributed by atoms with Crippen LogP contribution in [-0.2, 0) is 4.79 Å². The number of ketones is 1. The Bertz CT molecular complexity index is 185. The maximum absolute atomic E-state index is 11.5. The van der Waals surface area contributed by atoms with Gasteiger partial charge < -0.3 is 0 Å². The van der Waals surface area contributed by atoms with Crippen LogP contribution in [0.3, 0.4) is 0 Å². The second-order valence-electron chi connectivity index (χ2n) is 4.16. The topological polar surface area (TPSA) is 17.1 Å². The Morgan fingerprint density at radius 2 is 2.45 bits per heavy atom. The van der Waals surface area contributed by atoms with E-state index < -0.39 is 0 Å². The first-order chi connectivity index (χ1) is 5.22. The summed E-state index contributed by atoms with van der Waals surface area (Å²) < 4.78 is 0. The van der Waals surface area contributed by atoms with E-state index in [1.54, 1.807) is 0 Å². The second kappa shape index (κ2) is 2.33. The third-order valence-corrected chi connectivity index (χ3v) is 3.39. The minimum absolute atomic E-state index is 0.287. The highest BCUT2D eigenvalue weighted by Crippen LogP contribution is 2.49. The van der Waals surface area contributed by atoms with Crippen molar-refractivity contribution < 1.29 is 4.79 Å². The van der Waals surface area contributed by atoms with Gasteiger partial charge in [0.15, 0.2) is 0 Å². The van der Waals surface area contributed by atoms with Gasteiger partial charge in [-0.2, -0.15) is 0 Å². The molecule has 2 aliphatic carbocycles. The molecule has 0 aromatic heterocycles. The van der Waals surface area contributed by atoms with Crippen LogP contribution in [0.1, 0.15) is 39.0 Å². The number of Topliss-reactive ketones (excluding diaryl/α,β-unsaturated/α-hetero) is 1. The van der Waals surface area contributed by atoms with Gasteiger partial charge in [-0.3, -0.25) is 4.79 Å². The molecule has 2 saturated carbocycles. The lowest BCUT2D eigenvalue weighted by Gasteiger charge is -2.34. The van der Waals surface area contributed by atoms with Crippen LogP contribution in [0.25, 0.3) is 0 Å². The number of carbonyl (C=O) groups excluding carboxylic acids is 1. The minimum Gasteiger partial charge on any atom is -0.299 e. The molecule has 0 aromatic carbocycles. The van der Waals surface area contributed by atoms with Crippen molar-refractivity contribution in [3.63, 3.8) is 0 Å². The SMILES string of the molecule is CC12[CH]CCC1C(=O)CCC2. The number of hydrogen-bond donors (Lipinski definition) is 0. The summed E-state index contributed by atoms with van der Waals surface area (Å²) in [7, 11) is 0. The molecule has 0 heterocycles. The normalized spacial score (nSPS) is 44.1. The summed E-state index contributed by atoms with van der Waals surface area (Å²) in [5.41, 5.74) is 0.287. The van der Waals surface area contributed by atoms with Crippen molar-refractivity contribution in [2.24, 2.45) is 11.3 Å². The highest BCUT2D eigenvalue weighted by Gasteiger charge is 2.44. The molecule has 0 aliphatic heterocycles. The van der Waals surface area contributed by atoms with Gasteiger partial charge in [-0.25, -0.2) is 0 Å². The fourth-order valence-electron chi connectivity index (χ4n) is 2.67. The van der Waals surface area contributed by atoms with Crippen LogP contribution in [0.5, 0.6) is 0 Å². The lowest BCUT2D eigenvalue weighted by molar-refractivity contribution is -0.127. The first-order valence-corrected chi connectivity index (χ1v) is 4.59. The smallest absolute Gasteiger partial charge is 0.136 e. The molecule has 2 rings (SSSR count). The molecule has 0 bridgehead atoms. The van der Waals surface area contributed by atoms with Crippen molar-refractivity contribution in [3.8, 4) is 0 Å². The fourth-order valence-corrected chi connectivity index (χ4v) is 2.67. The number of fused-ring (bicyclic) bond motifs is 1. The molecule has 0 spiro atoms. The molecule has 11 heavy (non-hydrogen) atoms. The Morgan fingerprint density at radius 3 is 3.18 bits per heavy atom. The average molecular weight is 151 g/mol. The van der Waals surface area contributed by atoms with Gasteiger partial charge >= 0.3 is 0 Å². The first kappa shape index (κ1) is 7.33. The average Bonchev–Trinajstić information content (AvgIpc) is 2.31. The first-order valence-electron chi connectivity index (χ1n) is 4.59. The molecule has 2 aliphatic rings. The van der Waals surface area contributed by atoms with Gasteiger partial charge in [0, 0.05) is 12.3 Å². The summed E-state index contributed by atoms with van der Waals surface area (Å²) >= 11 is 0. The molecule has 0 saturated heterocycles. The zero-order valence-electron chi connectivity index (χ0n) is 7.10. The van der Waals surface area contributed by atoms with Crippen LogP contribution in [0.4, 0.5) is 0 Å². The zero-order valence-corrected chi connectivity index (χ0v) is 7.10. The van der Waals surface area contributed by atoms with Crippen LogP contribution in [0.2, 0.25) is 0 Å². The van der Waals surface area contributed by atoms with Gasteiger partial charge in [-0.05, 0) is 37.5 Å². The van der Waals surface area contributed by atoms with Crippen LogP contribution < -0.4 is 0 Å². The molecule has 0 N–H and O–H groups in total. The number of carbonyl (C=O) groups is 1. The summed E-state index contributed by atoms with van der Waals surface area (Å²) in [4.78, 5) is 11.5. The number of hydrogen-bond acceptors (Lipinski definition) is 1. The van der Waals surface area contributed by atoms with Gasteiger partial charge in [-0.1, -0.05) is 6.92 Å². The minimum atomic E-state index is 0.287. The molecule has 1 nitrogen and oxygen atoms in total. The molecule has 1 heteroatoms. The quantitative estimate of drug-likeness (QED) is 0.519. The summed E-state index contributed by atoms with van der Waals surface area (Å²) in [5, 5.41) is 0. The molecule has 2 atom stereocenters. The van der Waals surface area contributed by atoms with Crippen molar-refractivity contribution in [2.75, 3.05) is 0 Å². The molecule has 2 unspecified atom stereocenters.